The van der Waals surface area contributed by atoms with E-state index in [1.54, 1.807) is 36.4 Å². The number of pyridine rings is 1. The number of nitrogens with one attached hydrogen (secondary N) is 1. The van der Waals surface area contributed by atoms with Gasteiger partial charge in [-0.25, -0.2) is 9.37 Å². The molecule has 4 aromatic rings. The Hall–Kier alpha value is -4.24. The van der Waals surface area contributed by atoms with Crippen molar-refractivity contribution in [3.63, 3.8) is 0 Å². The van der Waals surface area contributed by atoms with Crippen molar-refractivity contribution < 1.29 is 13.9 Å². The van der Waals surface area contributed by atoms with Crippen LogP contribution in [-0.4, -0.2) is 24.0 Å². The van der Waals surface area contributed by atoms with Crippen LogP contribution in [0, 0.1) is 17.1 Å². The summed E-state index contributed by atoms with van der Waals surface area (Å²) in [7, 11) is 0. The number of fused-ring (bicyclic) bond motifs is 1. The number of hydrogen-bond donors (Lipinski definition) is 1. The zero-order chi connectivity index (χ0) is 23.2. The molecule has 3 aromatic carbocycles. The minimum absolute atomic E-state index is 0.197. The molecule has 6 heteroatoms. The first-order valence-corrected chi connectivity index (χ1v) is 10.7. The van der Waals surface area contributed by atoms with Crippen LogP contribution in [0.1, 0.15) is 28.4 Å². The SMILES string of the molecule is CCOc1cc(-c2ccc(F)cc2)nc2cc(C(=O)NCCc3ccc(C#N)cc3)ccc12. The number of benzene rings is 3. The van der Waals surface area contributed by atoms with Crippen LogP contribution in [0.4, 0.5) is 4.39 Å². The van der Waals surface area contributed by atoms with Crippen molar-refractivity contribution in [3.8, 4) is 23.1 Å². The molecule has 0 unspecified atom stereocenters. The highest BCUT2D eigenvalue weighted by molar-refractivity contribution is 5.99. The number of nitrogens with zero attached hydrogens (tertiary/aromatic N) is 2. The molecule has 0 aliphatic heterocycles. The average molecular weight is 439 g/mol. The quantitative estimate of drug-likeness (QED) is 0.425. The van der Waals surface area contributed by atoms with Crippen LogP contribution in [0.15, 0.2) is 72.8 Å². The van der Waals surface area contributed by atoms with E-state index in [2.05, 4.69) is 11.4 Å². The number of amides is 1. The third-order valence-electron chi connectivity index (χ3n) is 5.26. The summed E-state index contributed by atoms with van der Waals surface area (Å²) in [5, 5.41) is 12.6. The molecule has 0 atom stereocenters. The van der Waals surface area contributed by atoms with Crippen LogP contribution in [0.2, 0.25) is 0 Å². The second-order valence-corrected chi connectivity index (χ2v) is 7.49. The number of halogens is 1. The minimum atomic E-state index is -0.315. The lowest BCUT2D eigenvalue weighted by atomic mass is 10.1. The lowest BCUT2D eigenvalue weighted by molar-refractivity contribution is 0.0954. The third kappa shape index (κ3) is 5.16. The second kappa shape index (κ2) is 9.92. The van der Waals surface area contributed by atoms with E-state index in [1.807, 2.05) is 31.2 Å². The minimum Gasteiger partial charge on any atom is -0.493 e. The Bertz CT molecular complexity index is 1330. The molecule has 5 nitrogen and oxygen atoms in total. The molecule has 1 N–H and O–H groups in total. The van der Waals surface area contributed by atoms with E-state index < -0.39 is 0 Å². The van der Waals surface area contributed by atoms with Crippen molar-refractivity contribution in [2.75, 3.05) is 13.2 Å². The van der Waals surface area contributed by atoms with Gasteiger partial charge in [0.1, 0.15) is 11.6 Å². The van der Waals surface area contributed by atoms with Crippen LogP contribution in [0.5, 0.6) is 5.75 Å². The van der Waals surface area contributed by atoms with Crippen molar-refractivity contribution in [2.24, 2.45) is 0 Å². The van der Waals surface area contributed by atoms with Crippen LogP contribution in [0.25, 0.3) is 22.2 Å². The molecule has 1 amide bonds. The number of nitriles is 1. The second-order valence-electron chi connectivity index (χ2n) is 7.49. The first-order valence-electron chi connectivity index (χ1n) is 10.7. The van der Waals surface area contributed by atoms with E-state index in [1.165, 1.54) is 12.1 Å². The van der Waals surface area contributed by atoms with Gasteiger partial charge in [0.25, 0.3) is 5.91 Å². The summed E-state index contributed by atoms with van der Waals surface area (Å²) < 4.78 is 19.1. The molecule has 4 rings (SSSR count). The molecule has 164 valence electrons. The van der Waals surface area contributed by atoms with Crippen LogP contribution < -0.4 is 10.1 Å². The van der Waals surface area contributed by atoms with Crippen molar-refractivity contribution in [1.29, 1.82) is 5.26 Å². The summed E-state index contributed by atoms with van der Waals surface area (Å²) >= 11 is 0. The van der Waals surface area contributed by atoms with Crippen molar-refractivity contribution >= 4 is 16.8 Å². The third-order valence-corrected chi connectivity index (χ3v) is 5.26. The highest BCUT2D eigenvalue weighted by atomic mass is 19.1. The maximum Gasteiger partial charge on any atom is 0.251 e. The molecule has 0 saturated carbocycles. The summed E-state index contributed by atoms with van der Waals surface area (Å²) in [6, 6.07) is 22.7. The van der Waals surface area contributed by atoms with Crippen LogP contribution in [0.3, 0.4) is 0 Å². The van der Waals surface area contributed by atoms with Crippen molar-refractivity contribution in [2.45, 2.75) is 13.3 Å². The van der Waals surface area contributed by atoms with Gasteiger partial charge in [0.15, 0.2) is 0 Å². The van der Waals surface area contributed by atoms with Gasteiger partial charge < -0.3 is 10.1 Å². The lowest BCUT2D eigenvalue weighted by Gasteiger charge is -2.12. The monoisotopic (exact) mass is 439 g/mol. The highest BCUT2D eigenvalue weighted by Crippen LogP contribution is 2.31. The van der Waals surface area contributed by atoms with Gasteiger partial charge in [-0.2, -0.15) is 5.26 Å². The predicted octanol–water partition coefficient (Wildman–Crippen LogP) is 5.28. The molecule has 33 heavy (non-hydrogen) atoms. The maximum absolute atomic E-state index is 13.3. The zero-order valence-corrected chi connectivity index (χ0v) is 18.1. The van der Waals surface area contributed by atoms with Crippen LogP contribution >= 0.6 is 0 Å². The lowest BCUT2D eigenvalue weighted by Crippen LogP contribution is -2.25. The Labute approximate surface area is 191 Å². The van der Waals surface area contributed by atoms with Gasteiger partial charge in [0, 0.05) is 29.1 Å². The van der Waals surface area contributed by atoms with Gasteiger partial charge in [-0.15, -0.1) is 0 Å². The van der Waals surface area contributed by atoms with Gasteiger partial charge in [-0.05, 0) is 73.5 Å². The Morgan fingerprint density at radius 2 is 1.82 bits per heavy atom. The summed E-state index contributed by atoms with van der Waals surface area (Å²) in [5.74, 6) is 0.150. The smallest absolute Gasteiger partial charge is 0.251 e. The van der Waals surface area contributed by atoms with Gasteiger partial charge in [0.2, 0.25) is 0 Å². The molecule has 0 radical (unpaired) electrons. The van der Waals surface area contributed by atoms with E-state index in [-0.39, 0.29) is 11.7 Å². The van der Waals surface area contributed by atoms with Crippen molar-refractivity contribution in [1.82, 2.24) is 10.3 Å². The molecule has 0 spiro atoms. The largest absolute Gasteiger partial charge is 0.493 e. The van der Waals surface area contributed by atoms with Gasteiger partial charge >= 0.3 is 0 Å². The maximum atomic E-state index is 13.3. The molecular formula is C27H22FN3O2. The fourth-order valence-electron chi connectivity index (χ4n) is 3.55. The summed E-state index contributed by atoms with van der Waals surface area (Å²) in [4.78, 5) is 17.4. The van der Waals surface area contributed by atoms with E-state index in [0.29, 0.717) is 47.7 Å². The zero-order valence-electron chi connectivity index (χ0n) is 18.1. The fourth-order valence-corrected chi connectivity index (χ4v) is 3.55. The first kappa shape index (κ1) is 22.0. The molecule has 1 aromatic heterocycles. The number of hydrogen-bond acceptors (Lipinski definition) is 4. The first-order chi connectivity index (χ1) is 16.1. The topological polar surface area (TPSA) is 75.0 Å². The molecule has 0 aliphatic carbocycles. The molecule has 0 saturated heterocycles. The van der Waals surface area contributed by atoms with Crippen LogP contribution in [-0.2, 0) is 6.42 Å². The summed E-state index contributed by atoms with van der Waals surface area (Å²) in [5.41, 5.74) is 4.17. The van der Waals surface area contributed by atoms with E-state index >= 15 is 0 Å². The number of carbonyl (C=O) groups excluding carboxylic acids is 1. The average Bonchev–Trinajstić information content (AvgIpc) is 2.84. The van der Waals surface area contributed by atoms with Gasteiger partial charge in [0.05, 0.1) is 29.5 Å². The summed E-state index contributed by atoms with van der Waals surface area (Å²) in [6.45, 7) is 2.86. The molecule has 0 bridgehead atoms. The normalized spacial score (nSPS) is 10.6. The molecular weight excluding hydrogens is 417 g/mol. The number of aromatic nitrogens is 1. The number of ether oxygens (including phenoxy) is 1. The van der Waals surface area contributed by atoms with E-state index in [4.69, 9.17) is 15.0 Å². The van der Waals surface area contributed by atoms with Gasteiger partial charge in [-0.1, -0.05) is 12.1 Å². The molecule has 0 fully saturated rings. The molecule has 0 aliphatic rings. The number of carbonyl (C=O) groups is 1. The standard InChI is InChI=1S/C27H22FN3O2/c1-2-33-26-16-24(20-7-10-22(28)11-8-20)31-25-15-21(9-12-23(25)26)27(32)30-14-13-18-3-5-19(17-29)6-4-18/h3-12,15-16H,2,13-14H2,1H3,(H,30,32). The van der Waals surface area contributed by atoms with Gasteiger partial charge in [-0.3, -0.25) is 4.79 Å². The molecule has 1 heterocycles. The highest BCUT2D eigenvalue weighted by Gasteiger charge is 2.12. The fraction of sp³-hybridized carbons (Fsp3) is 0.148. The van der Waals surface area contributed by atoms with E-state index in [0.717, 1.165) is 16.5 Å². The van der Waals surface area contributed by atoms with E-state index in [9.17, 15) is 9.18 Å². The Kier molecular flexibility index (Phi) is 6.61. The Morgan fingerprint density at radius 3 is 2.52 bits per heavy atom. The predicted molar refractivity (Wildman–Crippen MR) is 126 cm³/mol. The summed E-state index contributed by atoms with van der Waals surface area (Å²) in [6.07, 6.45) is 0.659. The Morgan fingerprint density at radius 1 is 1.06 bits per heavy atom. The van der Waals surface area contributed by atoms with Crippen molar-refractivity contribution in [3.05, 3.63) is 95.3 Å². The number of rotatable bonds is 7. The Balaban J connectivity index is 1.55.